The van der Waals surface area contributed by atoms with Crippen LogP contribution in [0.15, 0.2) is 30.3 Å². The monoisotopic (exact) mass is 259 g/mol. The summed E-state index contributed by atoms with van der Waals surface area (Å²) >= 11 is 0. The van der Waals surface area contributed by atoms with E-state index in [1.807, 2.05) is 0 Å². The topological polar surface area (TPSA) is 12.5 Å². The molecule has 0 unspecified atom stereocenters. The number of fused-ring (bicyclic) bond motifs is 1. The number of benzene rings is 1. The van der Waals surface area contributed by atoms with E-state index in [-0.39, 0.29) is 0 Å². The molecule has 0 spiro atoms. The first kappa shape index (κ1) is 13.1. The average molecular weight is 259 g/mol. The number of hydrogen-bond donors (Lipinski definition) is 0. The Morgan fingerprint density at radius 3 is 2.84 bits per heavy atom. The number of rotatable bonds is 4. The van der Waals surface area contributed by atoms with Crippen LogP contribution < -0.4 is 0 Å². The van der Waals surface area contributed by atoms with Crippen LogP contribution in [0.25, 0.3) is 0 Å². The van der Waals surface area contributed by atoms with E-state index in [9.17, 15) is 0 Å². The highest BCUT2D eigenvalue weighted by Gasteiger charge is 2.48. The van der Waals surface area contributed by atoms with Crippen LogP contribution in [0.1, 0.15) is 44.6 Å². The van der Waals surface area contributed by atoms with Crippen molar-refractivity contribution in [2.45, 2.75) is 50.7 Å². The first-order chi connectivity index (χ1) is 9.20. The van der Waals surface area contributed by atoms with Gasteiger partial charge >= 0.3 is 0 Å². The van der Waals surface area contributed by atoms with E-state index in [1.54, 1.807) is 0 Å². The van der Waals surface area contributed by atoms with Gasteiger partial charge in [0.2, 0.25) is 0 Å². The van der Waals surface area contributed by atoms with Crippen molar-refractivity contribution in [3.63, 3.8) is 0 Å². The fraction of sp³-hybridized carbons (Fsp3) is 0.647. The van der Waals surface area contributed by atoms with Crippen molar-refractivity contribution in [3.8, 4) is 0 Å². The lowest BCUT2D eigenvalue weighted by Crippen LogP contribution is -2.43. The van der Waals surface area contributed by atoms with E-state index in [0.717, 1.165) is 6.61 Å². The second-order valence-electron chi connectivity index (χ2n) is 6.45. The summed E-state index contributed by atoms with van der Waals surface area (Å²) in [4.78, 5) is 2.69. The zero-order valence-electron chi connectivity index (χ0n) is 12.1. The number of ether oxygens (including phenoxy) is 1. The third-order valence-electron chi connectivity index (χ3n) is 4.76. The Bertz CT molecular complexity index is 417. The minimum Gasteiger partial charge on any atom is -0.377 e. The van der Waals surface area contributed by atoms with E-state index in [1.165, 1.54) is 37.9 Å². The maximum atomic E-state index is 5.97. The van der Waals surface area contributed by atoms with Gasteiger partial charge in [0.25, 0.3) is 0 Å². The van der Waals surface area contributed by atoms with Crippen molar-refractivity contribution in [3.05, 3.63) is 35.9 Å². The first-order valence-corrected chi connectivity index (χ1v) is 7.61. The summed E-state index contributed by atoms with van der Waals surface area (Å²) in [5, 5.41) is 0. The highest BCUT2D eigenvalue weighted by molar-refractivity contribution is 5.24. The van der Waals surface area contributed by atoms with Crippen LogP contribution in [-0.2, 0) is 4.74 Å². The molecule has 3 rings (SSSR count). The van der Waals surface area contributed by atoms with E-state index in [0.29, 0.717) is 17.6 Å². The quantitative estimate of drug-likeness (QED) is 0.821. The molecule has 1 aromatic rings. The molecule has 2 fully saturated rings. The van der Waals surface area contributed by atoms with Crippen LogP contribution in [0.5, 0.6) is 0 Å². The molecule has 2 heterocycles. The van der Waals surface area contributed by atoms with Gasteiger partial charge in [0.05, 0.1) is 12.7 Å². The van der Waals surface area contributed by atoms with Crippen LogP contribution >= 0.6 is 0 Å². The van der Waals surface area contributed by atoms with E-state index in [4.69, 9.17) is 4.74 Å². The predicted octanol–water partition coefficient (Wildman–Crippen LogP) is 3.43. The van der Waals surface area contributed by atoms with Gasteiger partial charge in [-0.1, -0.05) is 30.3 Å². The van der Waals surface area contributed by atoms with Gasteiger partial charge in [-0.3, -0.25) is 4.90 Å². The Hall–Kier alpha value is -0.860. The standard InChI is InChI=1S/C17H25NO/c1-14(2)19-13-17-9-6-10-18(17)12-16(11-17)15-7-4-3-5-8-15/h3-5,7-8,14,16H,6,9-13H2,1-2H3/t16-,17-/m1/s1. The van der Waals surface area contributed by atoms with Crippen molar-refractivity contribution >= 4 is 0 Å². The zero-order chi connectivity index (χ0) is 13.3. The number of hydrogen-bond acceptors (Lipinski definition) is 2. The van der Waals surface area contributed by atoms with Gasteiger partial charge in [-0.25, -0.2) is 0 Å². The third-order valence-corrected chi connectivity index (χ3v) is 4.76. The molecule has 0 N–H and O–H groups in total. The SMILES string of the molecule is CC(C)OC[C@]12CCCN1C[C@H](c1ccccc1)C2. The summed E-state index contributed by atoms with van der Waals surface area (Å²) in [6.07, 6.45) is 4.25. The van der Waals surface area contributed by atoms with Crippen LogP contribution in [0.4, 0.5) is 0 Å². The summed E-state index contributed by atoms with van der Waals surface area (Å²) in [6, 6.07) is 11.0. The van der Waals surface area contributed by atoms with Crippen molar-refractivity contribution in [2.75, 3.05) is 19.7 Å². The maximum absolute atomic E-state index is 5.97. The molecule has 0 aromatic heterocycles. The smallest absolute Gasteiger partial charge is 0.0654 e. The molecule has 0 radical (unpaired) electrons. The molecule has 2 saturated heterocycles. The second kappa shape index (κ2) is 5.26. The Morgan fingerprint density at radius 2 is 2.11 bits per heavy atom. The average Bonchev–Trinajstić information content (AvgIpc) is 2.94. The maximum Gasteiger partial charge on any atom is 0.0654 e. The molecule has 2 aliphatic rings. The van der Waals surface area contributed by atoms with Crippen LogP contribution in [-0.4, -0.2) is 36.2 Å². The Balaban J connectivity index is 1.74. The van der Waals surface area contributed by atoms with E-state index in [2.05, 4.69) is 49.1 Å². The molecular weight excluding hydrogens is 234 g/mol. The molecule has 0 saturated carbocycles. The fourth-order valence-electron chi connectivity index (χ4n) is 3.79. The van der Waals surface area contributed by atoms with Gasteiger partial charge in [0, 0.05) is 12.1 Å². The van der Waals surface area contributed by atoms with Gasteiger partial charge in [0.1, 0.15) is 0 Å². The molecule has 19 heavy (non-hydrogen) atoms. The normalized spacial score (nSPS) is 31.0. The predicted molar refractivity (Wildman–Crippen MR) is 78.4 cm³/mol. The van der Waals surface area contributed by atoms with Crippen molar-refractivity contribution in [1.82, 2.24) is 4.90 Å². The summed E-state index contributed by atoms with van der Waals surface area (Å²) < 4.78 is 5.97. The summed E-state index contributed by atoms with van der Waals surface area (Å²) in [5.74, 6) is 0.692. The van der Waals surface area contributed by atoms with Crippen LogP contribution in [0.3, 0.4) is 0 Å². The first-order valence-electron chi connectivity index (χ1n) is 7.61. The highest BCUT2D eigenvalue weighted by atomic mass is 16.5. The van der Waals surface area contributed by atoms with Gasteiger partial charge in [0.15, 0.2) is 0 Å². The van der Waals surface area contributed by atoms with E-state index < -0.39 is 0 Å². The summed E-state index contributed by atoms with van der Waals surface area (Å²) in [7, 11) is 0. The van der Waals surface area contributed by atoms with E-state index >= 15 is 0 Å². The summed E-state index contributed by atoms with van der Waals surface area (Å²) in [6.45, 7) is 7.66. The Labute approximate surface area is 116 Å². The molecule has 0 bridgehead atoms. The van der Waals surface area contributed by atoms with Gasteiger partial charge in [-0.05, 0) is 51.1 Å². The van der Waals surface area contributed by atoms with Crippen LogP contribution in [0.2, 0.25) is 0 Å². The largest absolute Gasteiger partial charge is 0.377 e. The Kier molecular flexibility index (Phi) is 3.64. The zero-order valence-corrected chi connectivity index (χ0v) is 12.1. The molecule has 0 amide bonds. The van der Waals surface area contributed by atoms with Gasteiger partial charge < -0.3 is 4.74 Å². The molecule has 2 aliphatic heterocycles. The molecule has 0 aliphatic carbocycles. The highest BCUT2D eigenvalue weighted by Crippen LogP contribution is 2.45. The van der Waals surface area contributed by atoms with Crippen molar-refractivity contribution < 1.29 is 4.74 Å². The molecule has 2 heteroatoms. The van der Waals surface area contributed by atoms with Gasteiger partial charge in [-0.15, -0.1) is 0 Å². The van der Waals surface area contributed by atoms with Crippen LogP contribution in [0, 0.1) is 0 Å². The molecule has 104 valence electrons. The van der Waals surface area contributed by atoms with Crippen molar-refractivity contribution in [1.29, 1.82) is 0 Å². The third kappa shape index (κ3) is 2.56. The second-order valence-corrected chi connectivity index (χ2v) is 6.45. The molecular formula is C17H25NO. The molecule has 2 atom stereocenters. The minimum absolute atomic E-state index is 0.324. The summed E-state index contributed by atoms with van der Waals surface area (Å²) in [5.41, 5.74) is 1.82. The van der Waals surface area contributed by atoms with Crippen molar-refractivity contribution in [2.24, 2.45) is 0 Å². The lowest BCUT2D eigenvalue weighted by molar-refractivity contribution is 0.00303. The minimum atomic E-state index is 0.324. The van der Waals surface area contributed by atoms with Gasteiger partial charge in [-0.2, -0.15) is 0 Å². The fourth-order valence-corrected chi connectivity index (χ4v) is 3.79. The molecule has 1 aromatic carbocycles. The lowest BCUT2D eigenvalue weighted by atomic mass is 9.87. The lowest BCUT2D eigenvalue weighted by Gasteiger charge is -2.32. The number of nitrogens with zero attached hydrogens (tertiary/aromatic N) is 1. The Morgan fingerprint density at radius 1 is 1.32 bits per heavy atom. The molecule has 2 nitrogen and oxygen atoms in total.